The Hall–Kier alpha value is -0.570. The molecule has 0 atom stereocenters. The predicted molar refractivity (Wildman–Crippen MR) is 60.6 cm³/mol. The number of amides is 1. The van der Waals surface area contributed by atoms with E-state index < -0.39 is 0 Å². The Morgan fingerprint density at radius 1 is 1.13 bits per heavy atom. The van der Waals surface area contributed by atoms with Gasteiger partial charge in [0.05, 0.1) is 6.04 Å². The van der Waals surface area contributed by atoms with Crippen LogP contribution < -0.4 is 5.32 Å². The first kappa shape index (κ1) is 10.9. The second-order valence-electron chi connectivity index (χ2n) is 4.95. The molecule has 2 aliphatic rings. The molecule has 1 heterocycles. The van der Waals surface area contributed by atoms with Crippen LogP contribution in [0.5, 0.6) is 0 Å². The van der Waals surface area contributed by atoms with Crippen LogP contribution in [-0.4, -0.2) is 37.0 Å². The summed E-state index contributed by atoms with van der Waals surface area (Å²) in [7, 11) is 1.97. The van der Waals surface area contributed by atoms with E-state index >= 15 is 0 Å². The normalized spacial score (nSPS) is 24.3. The second-order valence-corrected chi connectivity index (χ2v) is 4.95. The van der Waals surface area contributed by atoms with E-state index in [0.29, 0.717) is 17.9 Å². The maximum absolute atomic E-state index is 12.2. The molecule has 3 heteroatoms. The number of carbonyl (C=O) groups is 1. The van der Waals surface area contributed by atoms with Crippen molar-refractivity contribution in [2.45, 2.75) is 44.6 Å². The lowest BCUT2D eigenvalue weighted by molar-refractivity contribution is -0.137. The first-order chi connectivity index (χ1) is 7.29. The van der Waals surface area contributed by atoms with Gasteiger partial charge in [0.2, 0.25) is 5.91 Å². The van der Waals surface area contributed by atoms with Crippen molar-refractivity contribution >= 4 is 5.91 Å². The van der Waals surface area contributed by atoms with Gasteiger partial charge in [-0.1, -0.05) is 25.7 Å². The Morgan fingerprint density at radius 2 is 1.73 bits per heavy atom. The SMILES string of the molecule is CN(C(=O)C1CCCCCC1)C1CNC1. The Balaban J connectivity index is 1.86. The quantitative estimate of drug-likeness (QED) is 0.698. The first-order valence-corrected chi connectivity index (χ1v) is 6.26. The maximum Gasteiger partial charge on any atom is 0.225 e. The zero-order valence-electron chi connectivity index (χ0n) is 9.67. The van der Waals surface area contributed by atoms with Gasteiger partial charge in [0.25, 0.3) is 0 Å². The molecule has 0 spiro atoms. The fourth-order valence-electron chi connectivity index (χ4n) is 2.54. The van der Waals surface area contributed by atoms with E-state index in [1.54, 1.807) is 0 Å². The van der Waals surface area contributed by atoms with E-state index in [4.69, 9.17) is 0 Å². The number of hydrogen-bond donors (Lipinski definition) is 1. The monoisotopic (exact) mass is 210 g/mol. The van der Waals surface area contributed by atoms with Crippen molar-refractivity contribution in [3.63, 3.8) is 0 Å². The second kappa shape index (κ2) is 4.97. The van der Waals surface area contributed by atoms with Gasteiger partial charge in [-0.2, -0.15) is 0 Å². The third-order valence-corrected chi connectivity index (χ3v) is 3.86. The van der Waals surface area contributed by atoms with Gasteiger partial charge in [0.15, 0.2) is 0 Å². The summed E-state index contributed by atoms with van der Waals surface area (Å²) in [4.78, 5) is 14.2. The van der Waals surface area contributed by atoms with Gasteiger partial charge in [-0.3, -0.25) is 4.79 Å². The molecule has 3 nitrogen and oxygen atoms in total. The van der Waals surface area contributed by atoms with Crippen molar-refractivity contribution in [1.29, 1.82) is 0 Å². The van der Waals surface area contributed by atoms with E-state index in [0.717, 1.165) is 25.9 Å². The van der Waals surface area contributed by atoms with Gasteiger partial charge in [0, 0.05) is 26.1 Å². The highest BCUT2D eigenvalue weighted by Crippen LogP contribution is 2.25. The molecule has 0 aromatic heterocycles. The van der Waals surface area contributed by atoms with Crippen LogP contribution in [-0.2, 0) is 4.79 Å². The predicted octanol–water partition coefficient (Wildman–Crippen LogP) is 1.39. The minimum Gasteiger partial charge on any atom is -0.340 e. The van der Waals surface area contributed by atoms with Crippen LogP contribution in [0.15, 0.2) is 0 Å². The standard InChI is InChI=1S/C12H22N2O/c1-14(11-8-13-9-11)12(15)10-6-4-2-3-5-7-10/h10-11,13H,2-9H2,1H3. The minimum absolute atomic E-state index is 0.318. The zero-order valence-corrected chi connectivity index (χ0v) is 9.67. The molecule has 0 aromatic carbocycles. The molecular formula is C12H22N2O. The largest absolute Gasteiger partial charge is 0.340 e. The van der Waals surface area contributed by atoms with Crippen LogP contribution >= 0.6 is 0 Å². The maximum atomic E-state index is 12.2. The first-order valence-electron chi connectivity index (χ1n) is 6.26. The molecule has 0 bridgehead atoms. The minimum atomic E-state index is 0.318. The van der Waals surface area contributed by atoms with Crippen LogP contribution in [0.25, 0.3) is 0 Å². The lowest BCUT2D eigenvalue weighted by atomic mass is 9.97. The van der Waals surface area contributed by atoms with Crippen LogP contribution in [0.4, 0.5) is 0 Å². The summed E-state index contributed by atoms with van der Waals surface area (Å²) >= 11 is 0. The Labute approximate surface area is 92.2 Å². The molecular weight excluding hydrogens is 188 g/mol. The van der Waals surface area contributed by atoms with E-state index in [-0.39, 0.29) is 0 Å². The molecule has 1 saturated heterocycles. The van der Waals surface area contributed by atoms with Crippen molar-refractivity contribution in [3.05, 3.63) is 0 Å². The van der Waals surface area contributed by atoms with Crippen molar-refractivity contribution < 1.29 is 4.79 Å². The lowest BCUT2D eigenvalue weighted by Crippen LogP contribution is -2.58. The van der Waals surface area contributed by atoms with Gasteiger partial charge in [0.1, 0.15) is 0 Å². The molecule has 1 aliphatic carbocycles. The highest BCUT2D eigenvalue weighted by atomic mass is 16.2. The molecule has 0 aromatic rings. The van der Waals surface area contributed by atoms with Gasteiger partial charge in [-0.25, -0.2) is 0 Å². The smallest absolute Gasteiger partial charge is 0.225 e. The fraction of sp³-hybridized carbons (Fsp3) is 0.917. The van der Waals surface area contributed by atoms with Crippen molar-refractivity contribution in [1.82, 2.24) is 10.2 Å². The Morgan fingerprint density at radius 3 is 2.20 bits per heavy atom. The molecule has 0 radical (unpaired) electrons. The van der Waals surface area contributed by atoms with Gasteiger partial charge >= 0.3 is 0 Å². The summed E-state index contributed by atoms with van der Waals surface area (Å²) in [6, 6.07) is 0.459. The van der Waals surface area contributed by atoms with Crippen LogP contribution in [0, 0.1) is 5.92 Å². The van der Waals surface area contributed by atoms with E-state index in [1.807, 2.05) is 11.9 Å². The average molecular weight is 210 g/mol. The summed E-state index contributed by atoms with van der Waals surface area (Å²) in [5, 5.41) is 3.22. The van der Waals surface area contributed by atoms with E-state index in [1.165, 1.54) is 25.7 Å². The number of nitrogens with zero attached hydrogens (tertiary/aromatic N) is 1. The van der Waals surface area contributed by atoms with Crippen molar-refractivity contribution in [3.8, 4) is 0 Å². The molecule has 1 aliphatic heterocycles. The summed E-state index contributed by atoms with van der Waals surface area (Å²) < 4.78 is 0. The van der Waals surface area contributed by atoms with Crippen molar-refractivity contribution in [2.24, 2.45) is 5.92 Å². The number of nitrogens with one attached hydrogen (secondary N) is 1. The summed E-state index contributed by atoms with van der Waals surface area (Å²) in [5.74, 6) is 0.710. The Kier molecular flexibility index (Phi) is 3.62. The molecule has 0 unspecified atom stereocenters. The number of rotatable bonds is 2. The van der Waals surface area contributed by atoms with Crippen LogP contribution in [0.2, 0.25) is 0 Å². The van der Waals surface area contributed by atoms with E-state index in [2.05, 4.69) is 5.32 Å². The summed E-state index contributed by atoms with van der Waals surface area (Å²) in [6.07, 6.45) is 7.35. The molecule has 2 fully saturated rings. The fourth-order valence-corrected chi connectivity index (χ4v) is 2.54. The number of carbonyl (C=O) groups excluding carboxylic acids is 1. The highest BCUT2D eigenvalue weighted by molar-refractivity contribution is 5.79. The van der Waals surface area contributed by atoms with Crippen LogP contribution in [0.3, 0.4) is 0 Å². The summed E-state index contributed by atoms with van der Waals surface area (Å²) in [5.41, 5.74) is 0. The lowest BCUT2D eigenvalue weighted by Gasteiger charge is -2.37. The molecule has 86 valence electrons. The molecule has 1 saturated carbocycles. The topological polar surface area (TPSA) is 32.3 Å². The molecule has 1 amide bonds. The van der Waals surface area contributed by atoms with Gasteiger partial charge in [-0.05, 0) is 12.8 Å². The number of hydrogen-bond acceptors (Lipinski definition) is 2. The highest BCUT2D eigenvalue weighted by Gasteiger charge is 2.30. The summed E-state index contributed by atoms with van der Waals surface area (Å²) in [6.45, 7) is 1.96. The molecule has 1 N–H and O–H groups in total. The average Bonchev–Trinajstić information content (AvgIpc) is 2.41. The molecule has 15 heavy (non-hydrogen) atoms. The third-order valence-electron chi connectivity index (χ3n) is 3.86. The van der Waals surface area contributed by atoms with Gasteiger partial charge in [-0.15, -0.1) is 0 Å². The van der Waals surface area contributed by atoms with E-state index in [9.17, 15) is 4.79 Å². The molecule has 2 rings (SSSR count). The van der Waals surface area contributed by atoms with Crippen LogP contribution in [0.1, 0.15) is 38.5 Å². The van der Waals surface area contributed by atoms with Crippen molar-refractivity contribution in [2.75, 3.05) is 20.1 Å². The number of likely N-dealkylation sites (N-methyl/N-ethyl adjacent to an activating group) is 1. The Bertz CT molecular complexity index is 218. The third kappa shape index (κ3) is 2.51. The zero-order chi connectivity index (χ0) is 10.7. The van der Waals surface area contributed by atoms with Gasteiger partial charge < -0.3 is 10.2 Å².